The van der Waals surface area contributed by atoms with Crippen LogP contribution in [0.3, 0.4) is 0 Å². The van der Waals surface area contributed by atoms with Crippen molar-refractivity contribution in [3.63, 3.8) is 0 Å². The second-order valence-electron chi connectivity index (χ2n) is 2.72. The molecule has 1 heterocycles. The zero-order valence-corrected chi connectivity index (χ0v) is 6.13. The van der Waals surface area contributed by atoms with Gasteiger partial charge >= 0.3 is 0 Å². The zero-order valence-electron chi connectivity index (χ0n) is 6.13. The van der Waals surface area contributed by atoms with E-state index in [-0.39, 0.29) is 5.91 Å². The molecule has 1 aliphatic heterocycles. The molecule has 0 aliphatic carbocycles. The molecule has 0 spiro atoms. The van der Waals surface area contributed by atoms with Crippen molar-refractivity contribution in [1.29, 1.82) is 0 Å². The monoisotopic (exact) mass is 145 g/mol. The molecule has 0 radical (unpaired) electrons. The molecular weight excluding hydrogens is 134 g/mol. The lowest BCUT2D eigenvalue weighted by atomic mass is 10.2. The maximum Gasteiger partial charge on any atom is 0.224 e. The first kappa shape index (κ1) is 7.50. The van der Waals surface area contributed by atoms with E-state index >= 15 is 0 Å². The highest BCUT2D eigenvalue weighted by atomic mass is 17.1. The summed E-state index contributed by atoms with van der Waals surface area (Å²) in [7, 11) is 1.62. The predicted molar refractivity (Wildman–Crippen MR) is 34.1 cm³/mol. The van der Waals surface area contributed by atoms with E-state index in [9.17, 15) is 4.79 Å². The first-order valence-electron chi connectivity index (χ1n) is 3.19. The standard InChI is InChI=1S/C6H11NO3/c1-6(10-9)4-3-5(8)7(6)2/h9H,3-4H2,1-2H3. The Kier molecular flexibility index (Phi) is 1.66. The number of carbonyl (C=O) groups excluding carboxylic acids is 1. The number of carbonyl (C=O) groups is 1. The van der Waals surface area contributed by atoms with Gasteiger partial charge in [0.2, 0.25) is 5.91 Å². The minimum atomic E-state index is -0.795. The minimum Gasteiger partial charge on any atom is -0.315 e. The van der Waals surface area contributed by atoms with Crippen LogP contribution < -0.4 is 0 Å². The molecule has 1 unspecified atom stereocenters. The average Bonchev–Trinajstić information content (AvgIpc) is 2.19. The van der Waals surface area contributed by atoms with E-state index in [1.165, 1.54) is 4.90 Å². The number of rotatable bonds is 1. The summed E-state index contributed by atoms with van der Waals surface area (Å²) in [6.07, 6.45) is 1.01. The smallest absolute Gasteiger partial charge is 0.224 e. The summed E-state index contributed by atoms with van der Waals surface area (Å²) in [6, 6.07) is 0. The van der Waals surface area contributed by atoms with Gasteiger partial charge in [-0.25, -0.2) is 10.1 Å². The molecule has 1 fully saturated rings. The van der Waals surface area contributed by atoms with Crippen LogP contribution in [0, 0.1) is 0 Å². The van der Waals surface area contributed by atoms with Crippen LogP contribution in [0.4, 0.5) is 0 Å². The SMILES string of the molecule is CN1C(=O)CCC1(C)OO. The normalized spacial score (nSPS) is 33.5. The molecule has 1 amide bonds. The van der Waals surface area contributed by atoms with E-state index in [0.29, 0.717) is 12.8 Å². The third kappa shape index (κ3) is 0.892. The molecule has 10 heavy (non-hydrogen) atoms. The lowest BCUT2D eigenvalue weighted by molar-refractivity contribution is -0.345. The molecule has 1 saturated heterocycles. The summed E-state index contributed by atoms with van der Waals surface area (Å²) in [5.41, 5.74) is -0.795. The lowest BCUT2D eigenvalue weighted by Crippen LogP contribution is -2.41. The van der Waals surface area contributed by atoms with Crippen molar-refractivity contribution in [3.8, 4) is 0 Å². The Morgan fingerprint density at radius 3 is 2.60 bits per heavy atom. The summed E-state index contributed by atoms with van der Waals surface area (Å²) in [5, 5.41) is 8.42. The molecule has 58 valence electrons. The Balaban J connectivity index is 2.73. The van der Waals surface area contributed by atoms with Crippen LogP contribution in [0.15, 0.2) is 0 Å². The molecule has 1 atom stereocenters. The lowest BCUT2D eigenvalue weighted by Gasteiger charge is -2.27. The Hall–Kier alpha value is -0.610. The fraction of sp³-hybridized carbons (Fsp3) is 0.833. The van der Waals surface area contributed by atoms with Gasteiger partial charge in [-0.3, -0.25) is 4.79 Å². The van der Waals surface area contributed by atoms with Gasteiger partial charge in [-0.1, -0.05) is 0 Å². The topological polar surface area (TPSA) is 49.8 Å². The molecule has 0 bridgehead atoms. The van der Waals surface area contributed by atoms with Crippen molar-refractivity contribution in [3.05, 3.63) is 0 Å². The van der Waals surface area contributed by atoms with E-state index in [4.69, 9.17) is 5.26 Å². The van der Waals surface area contributed by atoms with Crippen LogP contribution in [0.2, 0.25) is 0 Å². The van der Waals surface area contributed by atoms with E-state index in [1.807, 2.05) is 0 Å². The van der Waals surface area contributed by atoms with Crippen LogP contribution in [-0.2, 0) is 9.68 Å². The number of hydrogen-bond donors (Lipinski definition) is 1. The summed E-state index contributed by atoms with van der Waals surface area (Å²) in [6.45, 7) is 1.68. The molecule has 4 nitrogen and oxygen atoms in total. The number of amides is 1. The van der Waals surface area contributed by atoms with E-state index in [0.717, 1.165) is 0 Å². The van der Waals surface area contributed by atoms with Crippen LogP contribution in [0.25, 0.3) is 0 Å². The van der Waals surface area contributed by atoms with Crippen molar-refractivity contribution >= 4 is 5.91 Å². The average molecular weight is 145 g/mol. The Morgan fingerprint density at radius 1 is 1.80 bits per heavy atom. The second-order valence-corrected chi connectivity index (χ2v) is 2.72. The van der Waals surface area contributed by atoms with E-state index in [2.05, 4.69) is 4.89 Å². The Morgan fingerprint density at radius 2 is 2.40 bits per heavy atom. The fourth-order valence-corrected chi connectivity index (χ4v) is 1.04. The summed E-state index contributed by atoms with van der Waals surface area (Å²) in [5.74, 6) is 0.0107. The van der Waals surface area contributed by atoms with E-state index < -0.39 is 5.72 Å². The van der Waals surface area contributed by atoms with E-state index in [1.54, 1.807) is 14.0 Å². The third-order valence-electron chi connectivity index (χ3n) is 2.08. The molecule has 0 aromatic rings. The molecule has 1 aliphatic rings. The first-order chi connectivity index (χ1) is 4.60. The van der Waals surface area contributed by atoms with Gasteiger partial charge in [-0.2, -0.15) is 0 Å². The zero-order chi connectivity index (χ0) is 7.78. The van der Waals surface area contributed by atoms with Gasteiger partial charge in [0.05, 0.1) is 0 Å². The number of likely N-dealkylation sites (tertiary alicyclic amines) is 1. The maximum atomic E-state index is 10.9. The third-order valence-corrected chi connectivity index (χ3v) is 2.08. The predicted octanol–water partition coefficient (Wildman–Crippen LogP) is 0.444. The van der Waals surface area contributed by atoms with Crippen molar-refractivity contribution in [2.75, 3.05) is 7.05 Å². The van der Waals surface area contributed by atoms with Crippen LogP contribution >= 0.6 is 0 Å². The van der Waals surface area contributed by atoms with Gasteiger partial charge in [-0.15, -0.1) is 0 Å². The molecule has 4 heteroatoms. The maximum absolute atomic E-state index is 10.9. The molecule has 1 N–H and O–H groups in total. The van der Waals surface area contributed by atoms with Gasteiger partial charge in [0.1, 0.15) is 0 Å². The van der Waals surface area contributed by atoms with Crippen molar-refractivity contribution in [2.24, 2.45) is 0 Å². The second kappa shape index (κ2) is 2.21. The highest BCUT2D eigenvalue weighted by molar-refractivity contribution is 5.78. The quantitative estimate of drug-likeness (QED) is 0.430. The first-order valence-corrected chi connectivity index (χ1v) is 3.19. The molecule has 0 saturated carbocycles. The molecular formula is C6H11NO3. The largest absolute Gasteiger partial charge is 0.315 e. The van der Waals surface area contributed by atoms with Crippen molar-refractivity contribution < 1.29 is 14.9 Å². The molecule has 0 aromatic heterocycles. The number of hydrogen-bond acceptors (Lipinski definition) is 3. The van der Waals surface area contributed by atoms with Crippen LogP contribution in [0.5, 0.6) is 0 Å². The van der Waals surface area contributed by atoms with Gasteiger partial charge in [0.15, 0.2) is 5.72 Å². The summed E-state index contributed by atoms with van der Waals surface area (Å²) < 4.78 is 0. The summed E-state index contributed by atoms with van der Waals surface area (Å²) >= 11 is 0. The van der Waals surface area contributed by atoms with Gasteiger partial charge in [0.25, 0.3) is 0 Å². The highest BCUT2D eigenvalue weighted by Crippen LogP contribution is 2.27. The van der Waals surface area contributed by atoms with Crippen molar-refractivity contribution in [2.45, 2.75) is 25.5 Å². The summed E-state index contributed by atoms with van der Waals surface area (Å²) in [4.78, 5) is 16.5. The van der Waals surface area contributed by atoms with Crippen molar-refractivity contribution in [1.82, 2.24) is 4.90 Å². The van der Waals surface area contributed by atoms with Gasteiger partial charge in [0, 0.05) is 19.9 Å². The highest BCUT2D eigenvalue weighted by Gasteiger charge is 2.40. The van der Waals surface area contributed by atoms with Gasteiger partial charge < -0.3 is 4.90 Å². The van der Waals surface area contributed by atoms with Crippen LogP contribution in [0.1, 0.15) is 19.8 Å². The Bertz CT molecular complexity index is 159. The van der Waals surface area contributed by atoms with Crippen LogP contribution in [-0.4, -0.2) is 28.8 Å². The minimum absolute atomic E-state index is 0.0107. The Labute approximate surface area is 59.3 Å². The molecule has 1 rings (SSSR count). The fourth-order valence-electron chi connectivity index (χ4n) is 1.04. The van der Waals surface area contributed by atoms with Gasteiger partial charge in [-0.05, 0) is 6.92 Å². The number of nitrogens with zero attached hydrogens (tertiary/aromatic N) is 1. The molecule has 0 aromatic carbocycles.